The molecule has 0 saturated heterocycles. The van der Waals surface area contributed by atoms with E-state index in [4.69, 9.17) is 22.1 Å². The number of benzene rings is 1. The molecule has 0 heterocycles. The van der Waals surface area contributed by atoms with Gasteiger partial charge in [0.25, 0.3) is 0 Å². The minimum absolute atomic E-state index is 0.307. The topological polar surface area (TPSA) is 35.2 Å². The molecular weight excluding hydrogens is 174 g/mol. The lowest BCUT2D eigenvalue weighted by molar-refractivity contribution is 0.301. The quantitative estimate of drug-likeness (QED) is 0.733. The van der Waals surface area contributed by atoms with Crippen LogP contribution in [0, 0.1) is 0 Å². The van der Waals surface area contributed by atoms with Gasteiger partial charge < -0.3 is 10.5 Å². The van der Waals surface area contributed by atoms with Crippen LogP contribution >= 0.6 is 11.6 Å². The number of hydrogen-bond acceptors (Lipinski definition) is 2. The van der Waals surface area contributed by atoms with Crippen molar-refractivity contribution in [2.45, 2.75) is 19.0 Å². The van der Waals surface area contributed by atoms with Crippen LogP contribution in [0.15, 0.2) is 24.3 Å². The third-order valence-electron chi connectivity index (χ3n) is 1.43. The molecule has 1 unspecified atom stereocenters. The van der Waals surface area contributed by atoms with E-state index in [0.717, 1.165) is 11.3 Å². The van der Waals surface area contributed by atoms with Gasteiger partial charge in [0.2, 0.25) is 0 Å². The van der Waals surface area contributed by atoms with Gasteiger partial charge in [0.1, 0.15) is 5.75 Å². The van der Waals surface area contributed by atoms with E-state index in [1.807, 2.05) is 24.3 Å². The van der Waals surface area contributed by atoms with Crippen LogP contribution in [-0.2, 0) is 6.54 Å². The first-order valence-corrected chi connectivity index (χ1v) is 4.25. The van der Waals surface area contributed by atoms with E-state index in [9.17, 15) is 0 Å². The van der Waals surface area contributed by atoms with Crippen LogP contribution in [0.5, 0.6) is 5.75 Å². The zero-order valence-corrected chi connectivity index (χ0v) is 7.71. The van der Waals surface area contributed by atoms with Gasteiger partial charge >= 0.3 is 0 Å². The molecule has 0 bridgehead atoms. The Labute approximate surface area is 77.3 Å². The standard InChI is InChI=1S/C9H12ClNO/c1-7(10)12-9-4-2-3-8(5-9)6-11/h2-5,7H,6,11H2,1H3. The maximum atomic E-state index is 5.65. The molecule has 2 nitrogen and oxygen atoms in total. The van der Waals surface area contributed by atoms with E-state index < -0.39 is 0 Å². The highest BCUT2D eigenvalue weighted by Crippen LogP contribution is 2.15. The molecule has 0 amide bonds. The second-order valence-electron chi connectivity index (χ2n) is 2.51. The van der Waals surface area contributed by atoms with Gasteiger partial charge in [0.05, 0.1) is 0 Å². The van der Waals surface area contributed by atoms with Crippen molar-refractivity contribution in [1.82, 2.24) is 0 Å². The van der Waals surface area contributed by atoms with Crippen molar-refractivity contribution < 1.29 is 4.74 Å². The number of ether oxygens (including phenoxy) is 1. The largest absolute Gasteiger partial charge is 0.475 e. The fraction of sp³-hybridized carbons (Fsp3) is 0.333. The Morgan fingerprint density at radius 2 is 2.33 bits per heavy atom. The minimum Gasteiger partial charge on any atom is -0.475 e. The van der Waals surface area contributed by atoms with Crippen molar-refractivity contribution >= 4 is 11.6 Å². The smallest absolute Gasteiger partial charge is 0.169 e. The number of hydrogen-bond donors (Lipinski definition) is 1. The molecule has 0 radical (unpaired) electrons. The van der Waals surface area contributed by atoms with Crippen LogP contribution in [0.2, 0.25) is 0 Å². The molecule has 66 valence electrons. The fourth-order valence-electron chi connectivity index (χ4n) is 0.933. The first kappa shape index (κ1) is 9.36. The molecule has 0 spiro atoms. The summed E-state index contributed by atoms with van der Waals surface area (Å²) in [4.78, 5) is 0. The molecule has 1 rings (SSSR count). The van der Waals surface area contributed by atoms with Crippen molar-refractivity contribution in [3.05, 3.63) is 29.8 Å². The Hall–Kier alpha value is -0.730. The molecule has 0 aliphatic carbocycles. The second-order valence-corrected chi connectivity index (χ2v) is 3.13. The van der Waals surface area contributed by atoms with E-state index in [-0.39, 0.29) is 5.56 Å². The summed E-state index contributed by atoms with van der Waals surface area (Å²) in [6, 6.07) is 7.60. The number of halogens is 1. The van der Waals surface area contributed by atoms with Crippen molar-refractivity contribution in [3.8, 4) is 5.75 Å². The molecule has 0 aliphatic rings. The van der Waals surface area contributed by atoms with Gasteiger partial charge in [-0.3, -0.25) is 0 Å². The van der Waals surface area contributed by atoms with Gasteiger partial charge in [0.15, 0.2) is 5.56 Å². The Morgan fingerprint density at radius 1 is 1.58 bits per heavy atom. The maximum Gasteiger partial charge on any atom is 0.169 e. The fourth-order valence-corrected chi connectivity index (χ4v) is 1.04. The average Bonchev–Trinajstić information content (AvgIpc) is 2.03. The Morgan fingerprint density at radius 3 is 2.92 bits per heavy atom. The lowest BCUT2D eigenvalue weighted by atomic mass is 10.2. The van der Waals surface area contributed by atoms with Gasteiger partial charge in [-0.25, -0.2) is 0 Å². The van der Waals surface area contributed by atoms with Crippen LogP contribution in [0.3, 0.4) is 0 Å². The van der Waals surface area contributed by atoms with Crippen LogP contribution in [0.4, 0.5) is 0 Å². The average molecular weight is 186 g/mol. The lowest BCUT2D eigenvalue weighted by Crippen LogP contribution is -2.03. The van der Waals surface area contributed by atoms with Gasteiger partial charge in [-0.15, -0.1) is 0 Å². The predicted molar refractivity (Wildman–Crippen MR) is 50.3 cm³/mol. The first-order valence-electron chi connectivity index (χ1n) is 3.82. The molecule has 0 aliphatic heterocycles. The molecule has 12 heavy (non-hydrogen) atoms. The molecule has 0 saturated carbocycles. The third kappa shape index (κ3) is 2.72. The Bertz CT molecular complexity index is 250. The van der Waals surface area contributed by atoms with E-state index in [2.05, 4.69) is 0 Å². The minimum atomic E-state index is -0.307. The van der Waals surface area contributed by atoms with E-state index in [1.54, 1.807) is 6.92 Å². The number of alkyl halides is 1. The first-order chi connectivity index (χ1) is 5.72. The molecule has 0 fully saturated rings. The molecule has 1 aromatic carbocycles. The predicted octanol–water partition coefficient (Wildman–Crippen LogP) is 2.11. The van der Waals surface area contributed by atoms with Crippen molar-refractivity contribution in [2.24, 2.45) is 5.73 Å². The monoisotopic (exact) mass is 185 g/mol. The maximum absolute atomic E-state index is 5.65. The highest BCUT2D eigenvalue weighted by Gasteiger charge is 1.98. The molecule has 1 atom stereocenters. The number of nitrogens with two attached hydrogens (primary N) is 1. The molecule has 3 heteroatoms. The Balaban J connectivity index is 2.72. The zero-order chi connectivity index (χ0) is 8.97. The van der Waals surface area contributed by atoms with E-state index in [0.29, 0.717) is 6.54 Å². The summed E-state index contributed by atoms with van der Waals surface area (Å²) in [5.41, 5.74) is 6.20. The van der Waals surface area contributed by atoms with Gasteiger partial charge in [-0.2, -0.15) is 0 Å². The summed E-state index contributed by atoms with van der Waals surface area (Å²) in [5, 5.41) is 0. The van der Waals surface area contributed by atoms with E-state index in [1.165, 1.54) is 0 Å². The third-order valence-corrected chi connectivity index (χ3v) is 1.52. The molecule has 2 N–H and O–H groups in total. The second kappa shape index (κ2) is 4.33. The van der Waals surface area contributed by atoms with Crippen LogP contribution in [0.1, 0.15) is 12.5 Å². The highest BCUT2D eigenvalue weighted by molar-refractivity contribution is 6.19. The lowest BCUT2D eigenvalue weighted by Gasteiger charge is -2.08. The summed E-state index contributed by atoms with van der Waals surface area (Å²) in [6.45, 7) is 2.30. The summed E-state index contributed by atoms with van der Waals surface area (Å²) in [6.07, 6.45) is 0. The highest BCUT2D eigenvalue weighted by atomic mass is 35.5. The van der Waals surface area contributed by atoms with Gasteiger partial charge in [-0.05, 0) is 24.6 Å². The van der Waals surface area contributed by atoms with Crippen molar-refractivity contribution in [2.75, 3.05) is 0 Å². The van der Waals surface area contributed by atoms with Crippen LogP contribution in [-0.4, -0.2) is 5.56 Å². The normalized spacial score (nSPS) is 12.6. The SMILES string of the molecule is CC(Cl)Oc1cccc(CN)c1. The summed E-state index contributed by atoms with van der Waals surface area (Å²) < 4.78 is 5.27. The van der Waals surface area contributed by atoms with Gasteiger partial charge in [-0.1, -0.05) is 23.7 Å². The van der Waals surface area contributed by atoms with Crippen molar-refractivity contribution in [1.29, 1.82) is 0 Å². The Kier molecular flexibility index (Phi) is 3.38. The summed E-state index contributed by atoms with van der Waals surface area (Å²) in [7, 11) is 0. The van der Waals surface area contributed by atoms with Crippen LogP contribution < -0.4 is 10.5 Å². The van der Waals surface area contributed by atoms with Gasteiger partial charge in [0, 0.05) is 6.54 Å². The zero-order valence-electron chi connectivity index (χ0n) is 6.96. The van der Waals surface area contributed by atoms with Crippen molar-refractivity contribution in [3.63, 3.8) is 0 Å². The summed E-state index contributed by atoms with van der Waals surface area (Å²) >= 11 is 5.65. The molecule has 1 aromatic rings. The molecular formula is C9H12ClNO. The van der Waals surface area contributed by atoms with E-state index >= 15 is 0 Å². The van der Waals surface area contributed by atoms with Crippen LogP contribution in [0.25, 0.3) is 0 Å². The molecule has 0 aromatic heterocycles. The number of rotatable bonds is 3. The summed E-state index contributed by atoms with van der Waals surface area (Å²) in [5.74, 6) is 0.764.